The SMILES string of the molecule is COc1ccc(C2CCN(C(=O)COc3ccc(C(C)C)cc3)C2)cc1. The van der Waals surface area contributed by atoms with Crippen LogP contribution >= 0.6 is 0 Å². The van der Waals surface area contributed by atoms with Gasteiger partial charge in [0.2, 0.25) is 0 Å². The summed E-state index contributed by atoms with van der Waals surface area (Å²) in [6.45, 7) is 5.94. The van der Waals surface area contributed by atoms with Crippen molar-refractivity contribution < 1.29 is 14.3 Å². The van der Waals surface area contributed by atoms with Gasteiger partial charge in [-0.05, 0) is 47.7 Å². The van der Waals surface area contributed by atoms with Crippen molar-refractivity contribution in [1.82, 2.24) is 4.90 Å². The molecule has 0 spiro atoms. The highest BCUT2D eigenvalue weighted by atomic mass is 16.5. The van der Waals surface area contributed by atoms with E-state index in [2.05, 4.69) is 38.1 Å². The Labute approximate surface area is 155 Å². The van der Waals surface area contributed by atoms with Gasteiger partial charge in [0.1, 0.15) is 11.5 Å². The maximum absolute atomic E-state index is 12.5. The van der Waals surface area contributed by atoms with Crippen molar-refractivity contribution in [3.63, 3.8) is 0 Å². The second-order valence-corrected chi connectivity index (χ2v) is 7.11. The van der Waals surface area contributed by atoms with Gasteiger partial charge >= 0.3 is 0 Å². The number of ether oxygens (including phenoxy) is 2. The molecule has 0 aromatic heterocycles. The molecule has 0 radical (unpaired) electrons. The number of rotatable bonds is 6. The molecule has 138 valence electrons. The van der Waals surface area contributed by atoms with Gasteiger partial charge in [-0.3, -0.25) is 4.79 Å². The number of benzene rings is 2. The Morgan fingerprint density at radius 2 is 1.73 bits per heavy atom. The number of methoxy groups -OCH3 is 1. The number of amides is 1. The molecule has 2 aromatic rings. The molecule has 4 heteroatoms. The number of nitrogens with zero attached hydrogens (tertiary/aromatic N) is 1. The van der Waals surface area contributed by atoms with Crippen LogP contribution in [0.5, 0.6) is 11.5 Å². The van der Waals surface area contributed by atoms with E-state index < -0.39 is 0 Å². The molecule has 26 heavy (non-hydrogen) atoms. The summed E-state index contributed by atoms with van der Waals surface area (Å²) in [6, 6.07) is 16.1. The van der Waals surface area contributed by atoms with E-state index in [9.17, 15) is 4.79 Å². The lowest BCUT2D eigenvalue weighted by atomic mass is 9.98. The van der Waals surface area contributed by atoms with E-state index in [1.165, 1.54) is 11.1 Å². The molecule has 1 heterocycles. The van der Waals surface area contributed by atoms with Crippen LogP contribution in [0.2, 0.25) is 0 Å². The van der Waals surface area contributed by atoms with Crippen molar-refractivity contribution in [2.45, 2.75) is 32.1 Å². The van der Waals surface area contributed by atoms with Crippen LogP contribution in [0.1, 0.15) is 43.2 Å². The van der Waals surface area contributed by atoms with Crippen molar-refractivity contribution in [2.75, 3.05) is 26.8 Å². The normalized spacial score (nSPS) is 16.8. The molecule has 1 unspecified atom stereocenters. The monoisotopic (exact) mass is 353 g/mol. The molecule has 0 saturated carbocycles. The Balaban J connectivity index is 1.51. The Kier molecular flexibility index (Phi) is 5.82. The molecule has 1 aliphatic heterocycles. The molecule has 0 bridgehead atoms. The van der Waals surface area contributed by atoms with E-state index in [4.69, 9.17) is 9.47 Å². The molecule has 2 aromatic carbocycles. The highest BCUT2D eigenvalue weighted by Gasteiger charge is 2.27. The van der Waals surface area contributed by atoms with E-state index in [0.29, 0.717) is 11.8 Å². The van der Waals surface area contributed by atoms with Crippen molar-refractivity contribution in [2.24, 2.45) is 0 Å². The lowest BCUT2D eigenvalue weighted by Gasteiger charge is -2.17. The first-order chi connectivity index (χ1) is 12.6. The smallest absolute Gasteiger partial charge is 0.260 e. The maximum Gasteiger partial charge on any atom is 0.260 e. The fourth-order valence-electron chi connectivity index (χ4n) is 3.32. The van der Waals surface area contributed by atoms with E-state index >= 15 is 0 Å². The Hall–Kier alpha value is -2.49. The van der Waals surface area contributed by atoms with Gasteiger partial charge in [0.15, 0.2) is 6.61 Å². The Morgan fingerprint density at radius 1 is 1.08 bits per heavy atom. The number of carbonyl (C=O) groups excluding carboxylic acids is 1. The third-order valence-corrected chi connectivity index (χ3v) is 5.04. The average molecular weight is 353 g/mol. The van der Waals surface area contributed by atoms with Crippen LogP contribution in [-0.4, -0.2) is 37.6 Å². The number of hydrogen-bond acceptors (Lipinski definition) is 3. The molecule has 1 aliphatic rings. The van der Waals surface area contributed by atoms with Gasteiger partial charge in [-0.15, -0.1) is 0 Å². The molecule has 4 nitrogen and oxygen atoms in total. The highest BCUT2D eigenvalue weighted by molar-refractivity contribution is 5.78. The highest BCUT2D eigenvalue weighted by Crippen LogP contribution is 2.28. The molecular formula is C22H27NO3. The minimum atomic E-state index is 0.0500. The summed E-state index contributed by atoms with van der Waals surface area (Å²) in [5.41, 5.74) is 2.52. The largest absolute Gasteiger partial charge is 0.497 e. The van der Waals surface area contributed by atoms with Gasteiger partial charge in [-0.2, -0.15) is 0 Å². The summed E-state index contributed by atoms with van der Waals surface area (Å²) < 4.78 is 10.9. The number of hydrogen-bond donors (Lipinski definition) is 0. The van der Waals surface area contributed by atoms with Gasteiger partial charge in [0.05, 0.1) is 7.11 Å². The predicted octanol–water partition coefficient (Wildman–Crippen LogP) is 4.21. The second kappa shape index (κ2) is 8.26. The van der Waals surface area contributed by atoms with Crippen molar-refractivity contribution >= 4 is 5.91 Å². The molecular weight excluding hydrogens is 326 g/mol. The summed E-state index contributed by atoms with van der Waals surface area (Å²) in [6.07, 6.45) is 0.987. The zero-order valence-corrected chi connectivity index (χ0v) is 15.8. The first-order valence-electron chi connectivity index (χ1n) is 9.21. The van der Waals surface area contributed by atoms with Crippen LogP contribution in [0.25, 0.3) is 0 Å². The van der Waals surface area contributed by atoms with Crippen LogP contribution in [0.4, 0.5) is 0 Å². The van der Waals surface area contributed by atoms with Gasteiger partial charge < -0.3 is 14.4 Å². The Bertz CT molecular complexity index is 722. The zero-order valence-electron chi connectivity index (χ0n) is 15.8. The predicted molar refractivity (Wildman–Crippen MR) is 103 cm³/mol. The number of carbonyl (C=O) groups is 1. The summed E-state index contributed by atoms with van der Waals surface area (Å²) >= 11 is 0. The van der Waals surface area contributed by atoms with Crippen LogP contribution in [0.3, 0.4) is 0 Å². The van der Waals surface area contributed by atoms with E-state index in [0.717, 1.165) is 31.0 Å². The van der Waals surface area contributed by atoms with E-state index in [-0.39, 0.29) is 12.5 Å². The molecule has 1 fully saturated rings. The molecule has 0 N–H and O–H groups in total. The van der Waals surface area contributed by atoms with Crippen molar-refractivity contribution in [3.05, 3.63) is 59.7 Å². The number of likely N-dealkylation sites (tertiary alicyclic amines) is 1. The minimum absolute atomic E-state index is 0.0500. The summed E-state index contributed by atoms with van der Waals surface area (Å²) in [5, 5.41) is 0. The molecule has 1 saturated heterocycles. The quantitative estimate of drug-likeness (QED) is 0.781. The van der Waals surface area contributed by atoms with Gasteiger partial charge in [0.25, 0.3) is 5.91 Å². The standard InChI is InChI=1S/C22H27NO3/c1-16(2)17-4-10-21(11-5-17)26-15-22(24)23-13-12-19(14-23)18-6-8-20(25-3)9-7-18/h4-11,16,19H,12-15H2,1-3H3. The fourth-order valence-corrected chi connectivity index (χ4v) is 3.32. The lowest BCUT2D eigenvalue weighted by molar-refractivity contribution is -0.132. The van der Waals surface area contributed by atoms with Crippen molar-refractivity contribution in [1.29, 1.82) is 0 Å². The summed E-state index contributed by atoms with van der Waals surface area (Å²) in [4.78, 5) is 14.4. The van der Waals surface area contributed by atoms with Crippen LogP contribution in [0, 0.1) is 0 Å². The first kappa shape index (κ1) is 18.3. The van der Waals surface area contributed by atoms with Gasteiger partial charge in [-0.25, -0.2) is 0 Å². The third kappa shape index (κ3) is 4.37. The molecule has 3 rings (SSSR count). The summed E-state index contributed by atoms with van der Waals surface area (Å²) in [5.74, 6) is 2.53. The Morgan fingerprint density at radius 3 is 2.35 bits per heavy atom. The van der Waals surface area contributed by atoms with Crippen LogP contribution in [-0.2, 0) is 4.79 Å². The van der Waals surface area contributed by atoms with E-state index in [1.54, 1.807) is 7.11 Å². The van der Waals surface area contributed by atoms with Crippen LogP contribution < -0.4 is 9.47 Å². The third-order valence-electron chi connectivity index (χ3n) is 5.04. The molecule has 1 amide bonds. The topological polar surface area (TPSA) is 38.8 Å². The van der Waals surface area contributed by atoms with Crippen LogP contribution in [0.15, 0.2) is 48.5 Å². The summed E-state index contributed by atoms with van der Waals surface area (Å²) in [7, 11) is 1.67. The van der Waals surface area contributed by atoms with Crippen molar-refractivity contribution in [3.8, 4) is 11.5 Å². The second-order valence-electron chi connectivity index (χ2n) is 7.11. The zero-order chi connectivity index (χ0) is 18.5. The maximum atomic E-state index is 12.5. The fraction of sp³-hybridized carbons (Fsp3) is 0.409. The lowest BCUT2D eigenvalue weighted by Crippen LogP contribution is -2.32. The van der Waals surface area contributed by atoms with E-state index in [1.807, 2.05) is 29.2 Å². The minimum Gasteiger partial charge on any atom is -0.497 e. The molecule has 1 atom stereocenters. The first-order valence-corrected chi connectivity index (χ1v) is 9.21. The average Bonchev–Trinajstić information content (AvgIpc) is 3.17. The van der Waals surface area contributed by atoms with Gasteiger partial charge in [0, 0.05) is 19.0 Å². The van der Waals surface area contributed by atoms with Gasteiger partial charge in [-0.1, -0.05) is 38.1 Å². The molecule has 0 aliphatic carbocycles.